The van der Waals surface area contributed by atoms with Gasteiger partial charge in [-0.2, -0.15) is 87.8 Å². The first-order valence-electron chi connectivity index (χ1n) is 6.63. The Kier molecular flexibility index (Phi) is 7.41. The average molecular weight is 530 g/mol. The van der Waals surface area contributed by atoms with E-state index in [-0.39, 0.29) is 0 Å². The van der Waals surface area contributed by atoms with Crippen molar-refractivity contribution in [3.05, 3.63) is 11.8 Å². The summed E-state index contributed by atoms with van der Waals surface area (Å²) in [6, 6.07) is -4.28. The summed E-state index contributed by atoms with van der Waals surface area (Å²) in [7, 11) is 0. The van der Waals surface area contributed by atoms with Crippen LogP contribution in [0.25, 0.3) is 0 Å². The Labute approximate surface area is 160 Å². The predicted molar refractivity (Wildman–Crippen MR) is 57.0 cm³/mol. The van der Waals surface area contributed by atoms with Crippen molar-refractivity contribution in [3.8, 4) is 0 Å². The molecule has 0 atom stereocenters. The van der Waals surface area contributed by atoms with Gasteiger partial charge in [0.1, 0.15) is 0 Å². The normalized spacial score (nSPS) is 16.8. The van der Waals surface area contributed by atoms with Crippen molar-refractivity contribution >= 4 is 0 Å². The largest absolute Gasteiger partial charge is 0.462 e. The maximum absolute atomic E-state index is 13.1. The molecule has 0 unspecified atom stereocenters. The zero-order chi connectivity index (χ0) is 26.6. The molecular weight excluding hydrogens is 528 g/mol. The molecule has 0 N–H and O–H groups in total. The monoisotopic (exact) mass is 530 g/mol. The fraction of sp³-hybridized carbons (Fsp3) is 0.818. The van der Waals surface area contributed by atoms with E-state index in [2.05, 4.69) is 4.74 Å². The molecule has 0 aromatic rings. The Morgan fingerprint density at radius 3 is 1.12 bits per heavy atom. The van der Waals surface area contributed by atoms with Crippen LogP contribution < -0.4 is 0 Å². The SMILES string of the molecule is FC(OCC(F)(F)C(F)(F)C(F)(F)C(F)(F)C(F)(F)F)=C(F)C(F)(F)C(F)(F)C(F)(F)F. The van der Waals surface area contributed by atoms with Crippen LogP contribution >= 0.6 is 0 Å². The van der Waals surface area contributed by atoms with Crippen LogP contribution in [-0.4, -0.2) is 54.5 Å². The Morgan fingerprint density at radius 1 is 0.469 bits per heavy atom. The molecule has 0 rings (SSSR count). The third-order valence-corrected chi connectivity index (χ3v) is 3.18. The number of hydrogen-bond acceptors (Lipinski definition) is 1. The molecule has 0 fully saturated rings. The topological polar surface area (TPSA) is 9.23 Å². The first kappa shape index (κ1) is 30.1. The highest BCUT2D eigenvalue weighted by Crippen LogP contribution is 2.57. The molecule has 0 amide bonds. The third kappa shape index (κ3) is 4.46. The smallest absolute Gasteiger partial charge is 0.460 e. The molecule has 0 saturated heterocycles. The second-order valence-electron chi connectivity index (χ2n) is 5.45. The van der Waals surface area contributed by atoms with Crippen molar-refractivity contribution in [2.24, 2.45) is 0 Å². The molecular formula is C11H2F20O. The summed E-state index contributed by atoms with van der Waals surface area (Å²) in [5.41, 5.74) is 0. The van der Waals surface area contributed by atoms with E-state index in [4.69, 9.17) is 0 Å². The first-order valence-corrected chi connectivity index (χ1v) is 6.63. The average Bonchev–Trinajstić information content (AvgIpc) is 2.56. The van der Waals surface area contributed by atoms with Crippen LogP contribution in [-0.2, 0) is 4.74 Å². The summed E-state index contributed by atoms with van der Waals surface area (Å²) in [5, 5.41) is 0. The summed E-state index contributed by atoms with van der Waals surface area (Å²) in [5.74, 6) is -50.5. The van der Waals surface area contributed by atoms with Gasteiger partial charge in [-0.05, 0) is 0 Å². The van der Waals surface area contributed by atoms with Gasteiger partial charge in [0.15, 0.2) is 6.61 Å². The van der Waals surface area contributed by atoms with Crippen molar-refractivity contribution in [2.45, 2.75) is 47.9 Å². The molecule has 0 spiro atoms. The molecule has 192 valence electrons. The van der Waals surface area contributed by atoms with Gasteiger partial charge in [-0.25, -0.2) is 0 Å². The summed E-state index contributed by atoms with van der Waals surface area (Å²) < 4.78 is 252. The van der Waals surface area contributed by atoms with Crippen molar-refractivity contribution in [1.82, 2.24) is 0 Å². The van der Waals surface area contributed by atoms with Gasteiger partial charge in [-0.3, -0.25) is 0 Å². The molecule has 0 aliphatic heterocycles. The molecule has 0 saturated carbocycles. The lowest BCUT2D eigenvalue weighted by Gasteiger charge is -2.37. The predicted octanol–water partition coefficient (Wildman–Crippen LogP) is 7.05. The number of halogens is 20. The van der Waals surface area contributed by atoms with E-state index in [0.29, 0.717) is 0 Å². The first-order chi connectivity index (χ1) is 13.5. The van der Waals surface area contributed by atoms with Gasteiger partial charge in [0.25, 0.3) is 0 Å². The van der Waals surface area contributed by atoms with E-state index >= 15 is 0 Å². The van der Waals surface area contributed by atoms with Crippen LogP contribution in [0.2, 0.25) is 0 Å². The molecule has 0 aromatic heterocycles. The standard InChI is InChI=1S/C11H2F20O/c12-2(5(16,17)7(20,21)10(26,27)28)3(13)32-1-4(14,15)6(18,19)8(22,23)9(24,25)11(29,30)31/h1H2. The van der Waals surface area contributed by atoms with Gasteiger partial charge in [-0.15, -0.1) is 0 Å². The Morgan fingerprint density at radius 2 is 0.812 bits per heavy atom. The van der Waals surface area contributed by atoms with Crippen LogP contribution in [0.4, 0.5) is 87.8 Å². The molecule has 0 bridgehead atoms. The van der Waals surface area contributed by atoms with Gasteiger partial charge in [0.2, 0.25) is 5.83 Å². The molecule has 0 heterocycles. The zero-order valence-corrected chi connectivity index (χ0v) is 13.7. The van der Waals surface area contributed by atoms with Crippen molar-refractivity contribution in [3.63, 3.8) is 0 Å². The lowest BCUT2D eigenvalue weighted by molar-refractivity contribution is -0.424. The molecule has 21 heteroatoms. The maximum Gasteiger partial charge on any atom is 0.460 e. The molecule has 32 heavy (non-hydrogen) atoms. The summed E-state index contributed by atoms with van der Waals surface area (Å²) in [6.07, 6.45) is -15.0. The van der Waals surface area contributed by atoms with Gasteiger partial charge in [0, 0.05) is 0 Å². The highest BCUT2D eigenvalue weighted by atomic mass is 19.4. The maximum atomic E-state index is 13.1. The Balaban J connectivity index is 6.07. The summed E-state index contributed by atoms with van der Waals surface area (Å²) in [6.45, 7) is -4.02. The highest BCUT2D eigenvalue weighted by Gasteiger charge is 2.87. The number of ether oxygens (including phenoxy) is 1. The minimum absolute atomic E-state index is 2.31. The van der Waals surface area contributed by atoms with Gasteiger partial charge in [0.05, 0.1) is 0 Å². The van der Waals surface area contributed by atoms with Crippen molar-refractivity contribution in [1.29, 1.82) is 0 Å². The van der Waals surface area contributed by atoms with E-state index < -0.39 is 66.3 Å². The van der Waals surface area contributed by atoms with Crippen LogP contribution in [0.5, 0.6) is 0 Å². The molecule has 1 nitrogen and oxygen atoms in total. The summed E-state index contributed by atoms with van der Waals surface area (Å²) >= 11 is 0. The van der Waals surface area contributed by atoms with E-state index in [1.807, 2.05) is 0 Å². The summed E-state index contributed by atoms with van der Waals surface area (Å²) in [4.78, 5) is 0. The van der Waals surface area contributed by atoms with Crippen molar-refractivity contribution < 1.29 is 92.5 Å². The number of rotatable bonds is 8. The number of hydrogen-bond donors (Lipinski definition) is 0. The third-order valence-electron chi connectivity index (χ3n) is 3.18. The zero-order valence-electron chi connectivity index (χ0n) is 13.7. The van der Waals surface area contributed by atoms with E-state index in [0.717, 1.165) is 0 Å². The van der Waals surface area contributed by atoms with Crippen LogP contribution in [0.1, 0.15) is 0 Å². The Hall–Kier alpha value is -1.86. The van der Waals surface area contributed by atoms with Gasteiger partial charge in [-0.1, -0.05) is 0 Å². The lowest BCUT2D eigenvalue weighted by Crippen LogP contribution is -2.67. The van der Waals surface area contributed by atoms with Crippen LogP contribution in [0.15, 0.2) is 11.8 Å². The lowest BCUT2D eigenvalue weighted by atomic mass is 9.98. The Bertz CT molecular complexity index is 708. The highest BCUT2D eigenvalue weighted by molar-refractivity contribution is 5.14. The fourth-order valence-corrected chi connectivity index (χ4v) is 1.35. The quantitative estimate of drug-likeness (QED) is 0.242. The van der Waals surface area contributed by atoms with Crippen LogP contribution in [0, 0.1) is 0 Å². The number of alkyl halides is 18. The molecule has 0 aliphatic carbocycles. The van der Waals surface area contributed by atoms with Gasteiger partial charge >= 0.3 is 53.9 Å². The second-order valence-corrected chi connectivity index (χ2v) is 5.45. The molecule has 0 radical (unpaired) electrons. The second kappa shape index (κ2) is 7.87. The van der Waals surface area contributed by atoms with E-state index in [9.17, 15) is 87.8 Å². The number of allylic oxidation sites excluding steroid dienone is 1. The van der Waals surface area contributed by atoms with Gasteiger partial charge < -0.3 is 4.74 Å². The fourth-order valence-electron chi connectivity index (χ4n) is 1.35. The minimum atomic E-state index is -8.07. The molecule has 0 aliphatic rings. The van der Waals surface area contributed by atoms with E-state index in [1.165, 1.54) is 0 Å². The molecule has 0 aromatic carbocycles. The van der Waals surface area contributed by atoms with Crippen LogP contribution in [0.3, 0.4) is 0 Å². The van der Waals surface area contributed by atoms with Crippen molar-refractivity contribution in [2.75, 3.05) is 6.61 Å². The minimum Gasteiger partial charge on any atom is -0.462 e. The van der Waals surface area contributed by atoms with E-state index in [1.54, 1.807) is 0 Å².